The van der Waals surface area contributed by atoms with Gasteiger partial charge in [-0.15, -0.1) is 0 Å². The molecule has 0 aromatic heterocycles. The van der Waals surface area contributed by atoms with Crippen molar-refractivity contribution in [1.29, 1.82) is 0 Å². The maximum atomic E-state index is 12.5. The molecule has 2 aliphatic rings. The van der Waals surface area contributed by atoms with Crippen LogP contribution in [-0.4, -0.2) is 55.0 Å². The predicted molar refractivity (Wildman–Crippen MR) is 98.6 cm³/mol. The van der Waals surface area contributed by atoms with Crippen molar-refractivity contribution < 1.29 is 9.59 Å². The minimum absolute atomic E-state index is 0.00583. The highest BCUT2D eigenvalue weighted by atomic mass is 16.2. The van der Waals surface area contributed by atoms with Gasteiger partial charge in [0.25, 0.3) is 5.91 Å². The molecule has 1 atom stereocenters. The summed E-state index contributed by atoms with van der Waals surface area (Å²) in [6, 6.07) is 8.19. The van der Waals surface area contributed by atoms with Crippen LogP contribution in [0.4, 0.5) is 4.79 Å². The zero-order valence-corrected chi connectivity index (χ0v) is 15.3. The van der Waals surface area contributed by atoms with Crippen LogP contribution in [0.5, 0.6) is 0 Å². The Labute approximate surface area is 150 Å². The summed E-state index contributed by atoms with van der Waals surface area (Å²) in [7, 11) is 3.51. The van der Waals surface area contributed by atoms with Crippen LogP contribution in [0.1, 0.15) is 48.0 Å². The second kappa shape index (κ2) is 7.89. The maximum Gasteiger partial charge on any atom is 0.317 e. The largest absolute Gasteiger partial charge is 0.345 e. The number of carbonyl (C=O) groups excluding carboxylic acids is 2. The maximum absolute atomic E-state index is 12.5. The Kier molecular flexibility index (Phi) is 5.61. The second-order valence-electron chi connectivity index (χ2n) is 7.48. The summed E-state index contributed by atoms with van der Waals surface area (Å²) in [5.74, 6) is 0.730. The van der Waals surface area contributed by atoms with Crippen molar-refractivity contribution in [3.8, 4) is 0 Å². The third-order valence-electron chi connectivity index (χ3n) is 5.52. The fraction of sp³-hybridized carbons (Fsp3) is 0.600. The van der Waals surface area contributed by atoms with Crippen molar-refractivity contribution in [3.05, 3.63) is 35.4 Å². The molecule has 1 aromatic carbocycles. The van der Waals surface area contributed by atoms with Crippen LogP contribution in [-0.2, 0) is 6.42 Å². The first kappa shape index (κ1) is 17.8. The molecule has 5 nitrogen and oxygen atoms in total. The molecule has 1 saturated carbocycles. The summed E-state index contributed by atoms with van der Waals surface area (Å²) >= 11 is 0. The molecular formula is C20H29N3O2. The molecule has 1 aliphatic carbocycles. The predicted octanol–water partition coefficient (Wildman–Crippen LogP) is 2.91. The topological polar surface area (TPSA) is 52.7 Å². The summed E-state index contributed by atoms with van der Waals surface area (Å²) in [6.07, 6.45) is 6.90. The number of benzene rings is 1. The van der Waals surface area contributed by atoms with Crippen molar-refractivity contribution >= 4 is 11.9 Å². The van der Waals surface area contributed by atoms with E-state index in [4.69, 9.17) is 0 Å². The molecule has 5 heteroatoms. The molecule has 0 unspecified atom stereocenters. The smallest absolute Gasteiger partial charge is 0.317 e. The Balaban J connectivity index is 1.50. The van der Waals surface area contributed by atoms with Crippen LogP contribution in [0.3, 0.4) is 0 Å². The summed E-state index contributed by atoms with van der Waals surface area (Å²) in [4.78, 5) is 28.2. The first-order valence-electron chi connectivity index (χ1n) is 9.41. The van der Waals surface area contributed by atoms with Crippen molar-refractivity contribution in [1.82, 2.24) is 15.1 Å². The third kappa shape index (κ3) is 4.14. The number of hydrogen-bond donors (Lipinski definition) is 1. The Morgan fingerprint density at radius 3 is 2.68 bits per heavy atom. The molecule has 136 valence electrons. The quantitative estimate of drug-likeness (QED) is 0.894. The molecule has 1 heterocycles. The molecule has 0 bridgehead atoms. The zero-order chi connectivity index (χ0) is 17.8. The fourth-order valence-corrected chi connectivity index (χ4v) is 3.89. The van der Waals surface area contributed by atoms with E-state index in [-0.39, 0.29) is 11.9 Å². The Hall–Kier alpha value is -2.04. The number of nitrogens with zero attached hydrogens (tertiary/aromatic N) is 2. The summed E-state index contributed by atoms with van der Waals surface area (Å²) in [5, 5.41) is 3.07. The number of urea groups is 1. The summed E-state index contributed by atoms with van der Waals surface area (Å²) in [5.41, 5.74) is 1.77. The Bertz CT molecular complexity index is 625. The van der Waals surface area contributed by atoms with E-state index in [2.05, 4.69) is 10.2 Å². The van der Waals surface area contributed by atoms with Gasteiger partial charge in [0.1, 0.15) is 0 Å². The highest BCUT2D eigenvalue weighted by Crippen LogP contribution is 2.37. The molecule has 25 heavy (non-hydrogen) atoms. The lowest BCUT2D eigenvalue weighted by atomic mass is 9.79. The minimum atomic E-state index is 0.00583. The molecule has 1 N–H and O–H groups in total. The average Bonchev–Trinajstić information content (AvgIpc) is 3.01. The highest BCUT2D eigenvalue weighted by molar-refractivity contribution is 5.94. The van der Waals surface area contributed by atoms with Gasteiger partial charge in [0.05, 0.1) is 0 Å². The Morgan fingerprint density at radius 2 is 2.00 bits per heavy atom. The number of likely N-dealkylation sites (tertiary alicyclic amines) is 1. The van der Waals surface area contributed by atoms with E-state index in [1.165, 1.54) is 19.3 Å². The first-order chi connectivity index (χ1) is 12.1. The van der Waals surface area contributed by atoms with Crippen LogP contribution in [0.15, 0.2) is 24.3 Å². The van der Waals surface area contributed by atoms with Gasteiger partial charge in [0.15, 0.2) is 0 Å². The molecule has 0 radical (unpaired) electrons. The normalized spacial score (nSPS) is 20.2. The number of rotatable bonds is 5. The first-order valence-corrected chi connectivity index (χ1v) is 9.41. The molecule has 2 fully saturated rings. The SMILES string of the molecule is CN(C)C(=O)c1cccc(CCNC(=O)N2CCC[C@H]2C2CCC2)c1. The van der Waals surface area contributed by atoms with Gasteiger partial charge in [0.2, 0.25) is 0 Å². The molecule has 1 saturated heterocycles. The van der Waals surface area contributed by atoms with Crippen LogP contribution in [0.2, 0.25) is 0 Å². The van der Waals surface area contributed by atoms with Gasteiger partial charge >= 0.3 is 6.03 Å². The second-order valence-corrected chi connectivity index (χ2v) is 7.48. The number of carbonyl (C=O) groups is 2. The van der Waals surface area contributed by atoms with Crippen molar-refractivity contribution in [2.75, 3.05) is 27.2 Å². The minimum Gasteiger partial charge on any atom is -0.345 e. The molecule has 0 spiro atoms. The number of nitrogens with one attached hydrogen (secondary N) is 1. The van der Waals surface area contributed by atoms with Gasteiger partial charge in [-0.1, -0.05) is 18.6 Å². The summed E-state index contributed by atoms with van der Waals surface area (Å²) in [6.45, 7) is 1.49. The van der Waals surface area contributed by atoms with E-state index in [9.17, 15) is 9.59 Å². The van der Waals surface area contributed by atoms with Gasteiger partial charge in [-0.05, 0) is 55.7 Å². The van der Waals surface area contributed by atoms with E-state index in [0.717, 1.165) is 37.3 Å². The zero-order valence-electron chi connectivity index (χ0n) is 15.3. The third-order valence-corrected chi connectivity index (χ3v) is 5.52. The molecule has 1 aliphatic heterocycles. The highest BCUT2D eigenvalue weighted by Gasteiger charge is 2.37. The van der Waals surface area contributed by atoms with Gasteiger partial charge in [0, 0.05) is 38.8 Å². The van der Waals surface area contributed by atoms with Gasteiger partial charge in [-0.3, -0.25) is 4.79 Å². The fourth-order valence-electron chi connectivity index (χ4n) is 3.89. The van der Waals surface area contributed by atoms with Crippen molar-refractivity contribution in [3.63, 3.8) is 0 Å². The molecule has 3 rings (SSSR count). The standard InChI is InChI=1S/C20H29N3O2/c1-22(2)19(24)17-9-3-6-15(14-17)11-12-21-20(25)23-13-5-10-18(23)16-7-4-8-16/h3,6,9,14,16,18H,4-5,7-8,10-13H2,1-2H3,(H,21,25)/t18-/m0/s1. The van der Waals surface area contributed by atoms with Gasteiger partial charge < -0.3 is 15.1 Å². The van der Waals surface area contributed by atoms with Crippen molar-refractivity contribution in [2.45, 2.75) is 44.6 Å². The van der Waals surface area contributed by atoms with Crippen LogP contribution >= 0.6 is 0 Å². The van der Waals surface area contributed by atoms with E-state index in [1.54, 1.807) is 19.0 Å². The van der Waals surface area contributed by atoms with Crippen LogP contribution in [0, 0.1) is 5.92 Å². The summed E-state index contributed by atoms with van der Waals surface area (Å²) < 4.78 is 0. The van der Waals surface area contributed by atoms with E-state index in [1.807, 2.05) is 24.3 Å². The lowest BCUT2D eigenvalue weighted by Crippen LogP contribution is -2.47. The van der Waals surface area contributed by atoms with E-state index >= 15 is 0 Å². The van der Waals surface area contributed by atoms with Crippen molar-refractivity contribution in [2.24, 2.45) is 5.92 Å². The van der Waals surface area contributed by atoms with Gasteiger partial charge in [-0.25, -0.2) is 4.79 Å². The monoisotopic (exact) mass is 343 g/mol. The number of hydrogen-bond acceptors (Lipinski definition) is 2. The Morgan fingerprint density at radius 1 is 1.20 bits per heavy atom. The average molecular weight is 343 g/mol. The van der Waals surface area contributed by atoms with E-state index in [0.29, 0.717) is 18.2 Å². The van der Waals surface area contributed by atoms with Crippen LogP contribution < -0.4 is 5.32 Å². The van der Waals surface area contributed by atoms with Crippen LogP contribution in [0.25, 0.3) is 0 Å². The lowest BCUT2D eigenvalue weighted by Gasteiger charge is -2.37. The van der Waals surface area contributed by atoms with Gasteiger partial charge in [-0.2, -0.15) is 0 Å². The molecular weight excluding hydrogens is 314 g/mol. The molecule has 3 amide bonds. The number of amides is 3. The molecule has 1 aromatic rings. The van der Waals surface area contributed by atoms with E-state index < -0.39 is 0 Å². The lowest BCUT2D eigenvalue weighted by molar-refractivity contribution is 0.0827.